The van der Waals surface area contributed by atoms with Gasteiger partial charge in [0.1, 0.15) is 0 Å². The van der Waals surface area contributed by atoms with Gasteiger partial charge in [-0.2, -0.15) is 5.10 Å². The maximum Gasteiger partial charge on any atom is 0.358 e. The molecule has 0 unspecified atom stereocenters. The van der Waals surface area contributed by atoms with E-state index in [4.69, 9.17) is 16.7 Å². The number of aryl methyl sites for hydroxylation is 1. The fraction of sp³-hybridized carbons (Fsp3) is 0.111. The molecule has 0 bridgehead atoms. The Bertz CT molecular complexity index is 552. The Labute approximate surface area is 95.5 Å². The summed E-state index contributed by atoms with van der Waals surface area (Å²) in [6, 6.07) is 1.70. The van der Waals surface area contributed by atoms with Crippen LogP contribution in [0.5, 0.6) is 0 Å². The summed E-state index contributed by atoms with van der Waals surface area (Å²) >= 11 is 5.94. The summed E-state index contributed by atoms with van der Waals surface area (Å²) in [6.07, 6.45) is 2.74. The van der Waals surface area contributed by atoms with Gasteiger partial charge in [0.15, 0.2) is 11.5 Å². The third-order valence-electron chi connectivity index (χ3n) is 1.86. The van der Waals surface area contributed by atoms with Crippen LogP contribution in [0.15, 0.2) is 18.5 Å². The van der Waals surface area contributed by atoms with E-state index < -0.39 is 5.97 Å². The summed E-state index contributed by atoms with van der Waals surface area (Å²) in [5.41, 5.74) is 0.748. The summed E-state index contributed by atoms with van der Waals surface area (Å²) in [4.78, 5) is 15.7. The van der Waals surface area contributed by atoms with E-state index in [1.165, 1.54) is 0 Å². The normalized spacial score (nSPS) is 10.4. The van der Waals surface area contributed by atoms with Gasteiger partial charge in [-0.05, 0) is 18.6 Å². The van der Waals surface area contributed by atoms with E-state index in [0.717, 1.165) is 16.6 Å². The minimum atomic E-state index is -1.14. The van der Waals surface area contributed by atoms with E-state index in [1.54, 1.807) is 12.3 Å². The highest BCUT2D eigenvalue weighted by Gasteiger charge is 2.12. The Morgan fingerprint density at radius 3 is 2.81 bits per heavy atom. The Hall–Kier alpha value is -1.95. The highest BCUT2D eigenvalue weighted by atomic mass is 35.5. The van der Waals surface area contributed by atoms with Crippen molar-refractivity contribution in [2.24, 2.45) is 0 Å². The number of aromatic carboxylic acids is 1. The molecule has 2 heterocycles. The second kappa shape index (κ2) is 3.90. The van der Waals surface area contributed by atoms with E-state index in [1.807, 2.05) is 6.92 Å². The molecule has 0 aliphatic carbocycles. The molecule has 1 N–H and O–H groups in total. The van der Waals surface area contributed by atoms with Gasteiger partial charge in [0, 0.05) is 6.20 Å². The molecular formula is C9H7ClN4O2. The third-order valence-corrected chi connectivity index (χ3v) is 2.14. The van der Waals surface area contributed by atoms with Crippen LogP contribution in [0.25, 0.3) is 5.82 Å². The number of hydrogen-bond acceptors (Lipinski definition) is 4. The first-order chi connectivity index (χ1) is 7.58. The number of halogens is 1. The molecule has 16 heavy (non-hydrogen) atoms. The van der Waals surface area contributed by atoms with Crippen LogP contribution in [0.4, 0.5) is 0 Å². The summed E-state index contributed by atoms with van der Waals surface area (Å²) in [5.74, 6) is -0.839. The maximum absolute atomic E-state index is 10.6. The van der Waals surface area contributed by atoms with Crippen molar-refractivity contribution >= 4 is 17.6 Å². The van der Waals surface area contributed by atoms with Crippen molar-refractivity contribution in [3.05, 3.63) is 34.7 Å². The van der Waals surface area contributed by atoms with Crippen molar-refractivity contribution in [3.8, 4) is 5.82 Å². The first kappa shape index (κ1) is 10.6. The molecule has 2 aromatic heterocycles. The molecule has 6 nitrogen and oxygen atoms in total. The third kappa shape index (κ3) is 1.87. The lowest BCUT2D eigenvalue weighted by Gasteiger charge is -2.01. The molecule has 2 rings (SSSR count). The van der Waals surface area contributed by atoms with Crippen LogP contribution in [0.1, 0.15) is 16.1 Å². The molecule has 7 heteroatoms. The van der Waals surface area contributed by atoms with E-state index in [2.05, 4.69) is 15.2 Å². The molecule has 0 fully saturated rings. The van der Waals surface area contributed by atoms with Crippen LogP contribution in [0.3, 0.4) is 0 Å². The number of rotatable bonds is 2. The predicted molar refractivity (Wildman–Crippen MR) is 55.9 cm³/mol. The van der Waals surface area contributed by atoms with Gasteiger partial charge in [0.25, 0.3) is 0 Å². The molecule has 0 amide bonds. The van der Waals surface area contributed by atoms with Gasteiger partial charge in [-0.1, -0.05) is 11.6 Å². The minimum absolute atomic E-state index is 0.154. The van der Waals surface area contributed by atoms with E-state index in [0.29, 0.717) is 10.8 Å². The fourth-order valence-electron chi connectivity index (χ4n) is 1.14. The van der Waals surface area contributed by atoms with Crippen molar-refractivity contribution in [2.75, 3.05) is 0 Å². The summed E-state index contributed by atoms with van der Waals surface area (Å²) in [5, 5.41) is 16.6. The van der Waals surface area contributed by atoms with Gasteiger partial charge >= 0.3 is 5.97 Å². The molecule has 0 radical (unpaired) electrons. The quantitative estimate of drug-likeness (QED) is 0.853. The number of carbonyl (C=O) groups is 1. The predicted octanol–water partition coefficient (Wildman–Crippen LogP) is 1.32. The molecule has 82 valence electrons. The molecule has 0 atom stereocenters. The summed E-state index contributed by atoms with van der Waals surface area (Å²) in [6.45, 7) is 1.85. The van der Waals surface area contributed by atoms with Crippen molar-refractivity contribution in [1.29, 1.82) is 0 Å². The van der Waals surface area contributed by atoms with Gasteiger partial charge < -0.3 is 5.11 Å². The molecule has 0 saturated heterocycles. The zero-order valence-corrected chi connectivity index (χ0v) is 9.01. The highest BCUT2D eigenvalue weighted by Crippen LogP contribution is 2.17. The monoisotopic (exact) mass is 238 g/mol. The molecule has 2 aromatic rings. The van der Waals surface area contributed by atoms with E-state index in [9.17, 15) is 4.79 Å². The number of pyridine rings is 1. The van der Waals surface area contributed by atoms with Crippen molar-refractivity contribution < 1.29 is 9.90 Å². The number of aromatic nitrogens is 4. The molecule has 0 spiro atoms. The number of hydrogen-bond donors (Lipinski definition) is 1. The topological polar surface area (TPSA) is 80.9 Å². The highest BCUT2D eigenvalue weighted by molar-refractivity contribution is 6.32. The standard InChI is InChI=1S/C9H7ClN4O2/c1-5-2-6(10)8(11-3-5)14-12-4-7(13-14)9(15)16/h2-4H,1H3,(H,15,16). The molecule has 0 saturated carbocycles. The zero-order valence-electron chi connectivity index (χ0n) is 8.25. The van der Waals surface area contributed by atoms with Gasteiger partial charge in [-0.25, -0.2) is 9.78 Å². The van der Waals surface area contributed by atoms with Crippen LogP contribution in [0.2, 0.25) is 5.02 Å². The molecule has 0 aromatic carbocycles. The van der Waals surface area contributed by atoms with E-state index >= 15 is 0 Å². The van der Waals surface area contributed by atoms with Crippen LogP contribution >= 0.6 is 11.6 Å². The maximum atomic E-state index is 10.6. The molecule has 0 aliphatic heterocycles. The van der Waals surface area contributed by atoms with Crippen molar-refractivity contribution in [2.45, 2.75) is 6.92 Å². The van der Waals surface area contributed by atoms with Crippen molar-refractivity contribution in [1.82, 2.24) is 20.0 Å². The number of carboxylic acids is 1. The Morgan fingerprint density at radius 2 is 2.25 bits per heavy atom. The van der Waals surface area contributed by atoms with Crippen LogP contribution in [-0.4, -0.2) is 31.1 Å². The van der Waals surface area contributed by atoms with Crippen LogP contribution < -0.4 is 0 Å². The van der Waals surface area contributed by atoms with E-state index in [-0.39, 0.29) is 5.69 Å². The number of carboxylic acid groups (broad SMARTS) is 1. The van der Waals surface area contributed by atoms with Gasteiger partial charge in [0.05, 0.1) is 11.2 Å². The second-order valence-electron chi connectivity index (χ2n) is 3.14. The SMILES string of the molecule is Cc1cnc(-n2ncc(C(=O)O)n2)c(Cl)c1. The summed E-state index contributed by atoms with van der Waals surface area (Å²) in [7, 11) is 0. The number of nitrogens with zero attached hydrogens (tertiary/aromatic N) is 4. The average molecular weight is 239 g/mol. The minimum Gasteiger partial charge on any atom is -0.476 e. The van der Waals surface area contributed by atoms with Gasteiger partial charge in [-0.15, -0.1) is 9.90 Å². The lowest BCUT2D eigenvalue weighted by molar-refractivity contribution is 0.0690. The lowest BCUT2D eigenvalue weighted by atomic mass is 10.3. The van der Waals surface area contributed by atoms with Gasteiger partial charge in [0.2, 0.25) is 0 Å². The summed E-state index contributed by atoms with van der Waals surface area (Å²) < 4.78 is 0. The van der Waals surface area contributed by atoms with Crippen LogP contribution in [0, 0.1) is 6.92 Å². The Kier molecular flexibility index (Phi) is 2.57. The Morgan fingerprint density at radius 1 is 1.50 bits per heavy atom. The largest absolute Gasteiger partial charge is 0.476 e. The first-order valence-corrected chi connectivity index (χ1v) is 4.74. The first-order valence-electron chi connectivity index (χ1n) is 4.36. The Balaban J connectivity index is 2.46. The smallest absolute Gasteiger partial charge is 0.358 e. The second-order valence-corrected chi connectivity index (χ2v) is 3.55. The average Bonchev–Trinajstić information content (AvgIpc) is 2.66. The van der Waals surface area contributed by atoms with Gasteiger partial charge in [-0.3, -0.25) is 0 Å². The lowest BCUT2D eigenvalue weighted by Crippen LogP contribution is -2.05. The fourth-order valence-corrected chi connectivity index (χ4v) is 1.43. The zero-order chi connectivity index (χ0) is 11.7. The van der Waals surface area contributed by atoms with Crippen LogP contribution in [-0.2, 0) is 0 Å². The van der Waals surface area contributed by atoms with Crippen molar-refractivity contribution in [3.63, 3.8) is 0 Å². The molecule has 0 aliphatic rings. The molecular weight excluding hydrogens is 232 g/mol.